The minimum atomic E-state index is -0.293. The summed E-state index contributed by atoms with van der Waals surface area (Å²) < 4.78 is 0. The first kappa shape index (κ1) is 18.4. The van der Waals surface area contributed by atoms with Crippen molar-refractivity contribution in [1.29, 1.82) is 0 Å². The number of rotatable bonds is 3. The molecule has 0 radical (unpaired) electrons. The molecule has 0 amide bonds. The highest BCUT2D eigenvalue weighted by Crippen LogP contribution is 2.67. The fourth-order valence-electron chi connectivity index (χ4n) is 8.00. The highest BCUT2D eigenvalue weighted by Gasteiger charge is 2.60. The predicted molar refractivity (Wildman–Crippen MR) is 101 cm³/mol. The molecule has 0 spiro atoms. The van der Waals surface area contributed by atoms with Crippen LogP contribution >= 0.6 is 0 Å². The Labute approximate surface area is 157 Å². The molecule has 0 aliphatic heterocycles. The smallest absolute Gasteiger partial charge is 0.133 e. The number of aliphatic hydroxyl groups is 1. The first-order valence-electron chi connectivity index (χ1n) is 10.6. The van der Waals surface area contributed by atoms with Gasteiger partial charge in [-0.1, -0.05) is 25.5 Å². The van der Waals surface area contributed by atoms with E-state index in [4.69, 9.17) is 0 Å². The van der Waals surface area contributed by atoms with Gasteiger partial charge >= 0.3 is 0 Å². The number of hydrogen-bond acceptors (Lipinski definition) is 3. The molecule has 4 rings (SSSR count). The topological polar surface area (TPSA) is 54.4 Å². The number of fused-ring (bicyclic) bond motifs is 5. The average molecular weight is 359 g/mol. The molecule has 0 heterocycles. The molecular weight excluding hydrogens is 324 g/mol. The van der Waals surface area contributed by atoms with Gasteiger partial charge in [0.25, 0.3) is 0 Å². The van der Waals surface area contributed by atoms with E-state index >= 15 is 0 Å². The number of aliphatic hydroxyl groups excluding tert-OH is 1. The van der Waals surface area contributed by atoms with Gasteiger partial charge in [0.15, 0.2) is 0 Å². The SMILES string of the molecule is CC(=O)C1CCC2C3CC=C4CC(O)CC(CC=O)C4(C)C3CCC12C. The summed E-state index contributed by atoms with van der Waals surface area (Å²) in [5.41, 5.74) is 1.64. The van der Waals surface area contributed by atoms with Crippen LogP contribution in [0, 0.1) is 40.4 Å². The van der Waals surface area contributed by atoms with Gasteiger partial charge in [0.2, 0.25) is 0 Å². The lowest BCUT2D eigenvalue weighted by molar-refractivity contribution is -0.129. The Bertz CT molecular complexity index is 637. The van der Waals surface area contributed by atoms with Crippen LogP contribution in [0.1, 0.15) is 72.1 Å². The Hall–Kier alpha value is -0.960. The van der Waals surface area contributed by atoms with Gasteiger partial charge in [-0.3, -0.25) is 4.79 Å². The average Bonchev–Trinajstić information content (AvgIpc) is 2.94. The highest BCUT2D eigenvalue weighted by molar-refractivity contribution is 5.79. The molecule has 8 atom stereocenters. The lowest BCUT2D eigenvalue weighted by Gasteiger charge is -2.60. The number of ketones is 1. The number of Topliss-reactive ketones (excluding diaryl/α,β-unsaturated/α-hetero) is 1. The minimum Gasteiger partial charge on any atom is -0.393 e. The van der Waals surface area contributed by atoms with Crippen LogP contribution in [0.4, 0.5) is 0 Å². The molecule has 0 aromatic heterocycles. The van der Waals surface area contributed by atoms with Crippen molar-refractivity contribution in [1.82, 2.24) is 0 Å². The fourth-order valence-corrected chi connectivity index (χ4v) is 8.00. The fraction of sp³-hybridized carbons (Fsp3) is 0.826. The van der Waals surface area contributed by atoms with Gasteiger partial charge in [0.05, 0.1) is 6.10 Å². The van der Waals surface area contributed by atoms with Gasteiger partial charge < -0.3 is 9.90 Å². The third kappa shape index (κ3) is 2.42. The molecule has 8 unspecified atom stereocenters. The molecule has 4 aliphatic rings. The van der Waals surface area contributed by atoms with E-state index in [2.05, 4.69) is 19.9 Å². The summed E-state index contributed by atoms with van der Waals surface area (Å²) in [6.45, 7) is 6.55. The second kappa shape index (κ2) is 6.29. The van der Waals surface area contributed by atoms with E-state index in [1.165, 1.54) is 18.4 Å². The zero-order valence-corrected chi connectivity index (χ0v) is 16.5. The van der Waals surface area contributed by atoms with Crippen molar-refractivity contribution in [3.8, 4) is 0 Å². The maximum Gasteiger partial charge on any atom is 0.133 e. The standard InChI is InChI=1S/C23H34O3/c1-14(25)19-6-7-20-18-5-4-15-12-17(26)13-16(9-11-24)23(15,3)21(18)8-10-22(19,20)2/h4,11,16-21,26H,5-10,12-13H2,1-3H3. The molecule has 3 heteroatoms. The van der Waals surface area contributed by atoms with Crippen molar-refractivity contribution in [3.05, 3.63) is 11.6 Å². The molecule has 0 aromatic carbocycles. The van der Waals surface area contributed by atoms with Crippen LogP contribution in [0.3, 0.4) is 0 Å². The Kier molecular flexibility index (Phi) is 4.45. The summed E-state index contributed by atoms with van der Waals surface area (Å²) in [6.07, 6.45) is 10.9. The molecule has 3 nitrogen and oxygen atoms in total. The normalized spacial score (nSPS) is 50.2. The van der Waals surface area contributed by atoms with Crippen molar-refractivity contribution in [2.24, 2.45) is 40.4 Å². The van der Waals surface area contributed by atoms with Crippen molar-refractivity contribution in [3.63, 3.8) is 0 Å². The van der Waals surface area contributed by atoms with Crippen LogP contribution in [0.2, 0.25) is 0 Å². The van der Waals surface area contributed by atoms with Crippen molar-refractivity contribution >= 4 is 12.1 Å². The van der Waals surface area contributed by atoms with Crippen LogP contribution in [0.25, 0.3) is 0 Å². The van der Waals surface area contributed by atoms with E-state index in [-0.39, 0.29) is 28.8 Å². The molecule has 3 fully saturated rings. The van der Waals surface area contributed by atoms with E-state index in [1.807, 2.05) is 0 Å². The summed E-state index contributed by atoms with van der Waals surface area (Å²) in [7, 11) is 0. The third-order valence-corrected chi connectivity index (χ3v) is 9.27. The predicted octanol–water partition coefficient (Wildman–Crippen LogP) is 4.33. The molecule has 0 aromatic rings. The van der Waals surface area contributed by atoms with Crippen molar-refractivity contribution in [2.75, 3.05) is 0 Å². The highest BCUT2D eigenvalue weighted by atomic mass is 16.3. The van der Waals surface area contributed by atoms with Crippen LogP contribution in [-0.4, -0.2) is 23.3 Å². The van der Waals surface area contributed by atoms with E-state index in [0.717, 1.165) is 38.4 Å². The summed E-state index contributed by atoms with van der Waals surface area (Å²) >= 11 is 0. The molecule has 26 heavy (non-hydrogen) atoms. The maximum atomic E-state index is 12.3. The van der Waals surface area contributed by atoms with E-state index < -0.39 is 0 Å². The lowest BCUT2D eigenvalue weighted by atomic mass is 9.45. The first-order valence-corrected chi connectivity index (χ1v) is 10.6. The molecular formula is C23H34O3. The summed E-state index contributed by atoms with van der Waals surface area (Å²) in [5.74, 6) is 2.75. The van der Waals surface area contributed by atoms with E-state index in [0.29, 0.717) is 30.0 Å². The van der Waals surface area contributed by atoms with Crippen LogP contribution < -0.4 is 0 Å². The number of aldehydes is 1. The largest absolute Gasteiger partial charge is 0.393 e. The monoisotopic (exact) mass is 358 g/mol. The molecule has 3 saturated carbocycles. The van der Waals surface area contributed by atoms with Gasteiger partial charge in [0.1, 0.15) is 12.1 Å². The number of carbonyl (C=O) groups excluding carboxylic acids is 2. The van der Waals surface area contributed by atoms with Gasteiger partial charge in [-0.15, -0.1) is 0 Å². The summed E-state index contributed by atoms with van der Waals surface area (Å²) in [4.78, 5) is 23.6. The van der Waals surface area contributed by atoms with Crippen LogP contribution in [0.15, 0.2) is 11.6 Å². The van der Waals surface area contributed by atoms with Crippen LogP contribution in [-0.2, 0) is 9.59 Å². The number of hydrogen-bond donors (Lipinski definition) is 1. The van der Waals surface area contributed by atoms with Gasteiger partial charge in [-0.2, -0.15) is 0 Å². The number of allylic oxidation sites excluding steroid dienone is 1. The summed E-state index contributed by atoms with van der Waals surface area (Å²) in [5, 5.41) is 10.3. The Balaban J connectivity index is 1.70. The Morgan fingerprint density at radius 3 is 2.73 bits per heavy atom. The maximum absolute atomic E-state index is 12.3. The minimum absolute atomic E-state index is 0.0543. The molecule has 0 saturated heterocycles. The molecule has 144 valence electrons. The van der Waals surface area contributed by atoms with E-state index in [9.17, 15) is 14.7 Å². The molecule has 4 aliphatic carbocycles. The lowest BCUT2D eigenvalue weighted by Crippen LogP contribution is -2.54. The van der Waals surface area contributed by atoms with Gasteiger partial charge in [0, 0.05) is 12.3 Å². The zero-order valence-electron chi connectivity index (χ0n) is 16.5. The van der Waals surface area contributed by atoms with E-state index in [1.54, 1.807) is 6.92 Å². The van der Waals surface area contributed by atoms with Crippen molar-refractivity contribution < 1.29 is 14.7 Å². The van der Waals surface area contributed by atoms with Gasteiger partial charge in [-0.25, -0.2) is 0 Å². The second-order valence-corrected chi connectivity index (χ2v) is 10.1. The zero-order chi connectivity index (χ0) is 18.7. The number of carbonyl (C=O) groups is 2. The first-order chi connectivity index (χ1) is 12.3. The van der Waals surface area contributed by atoms with Crippen molar-refractivity contribution in [2.45, 2.75) is 78.2 Å². The molecule has 0 bridgehead atoms. The third-order valence-electron chi connectivity index (χ3n) is 9.27. The second-order valence-electron chi connectivity index (χ2n) is 10.1. The Morgan fingerprint density at radius 2 is 2.04 bits per heavy atom. The van der Waals surface area contributed by atoms with Gasteiger partial charge in [-0.05, 0) is 86.4 Å². The summed E-state index contributed by atoms with van der Waals surface area (Å²) in [6, 6.07) is 0. The molecule has 1 N–H and O–H groups in total. The Morgan fingerprint density at radius 1 is 1.27 bits per heavy atom. The quantitative estimate of drug-likeness (QED) is 0.603. The van der Waals surface area contributed by atoms with Crippen LogP contribution in [0.5, 0.6) is 0 Å².